The smallest absolute Gasteiger partial charge is 0.263 e. The third-order valence-corrected chi connectivity index (χ3v) is 7.02. The van der Waals surface area contributed by atoms with Gasteiger partial charge in [0.1, 0.15) is 5.82 Å². The van der Waals surface area contributed by atoms with E-state index in [1.807, 2.05) is 0 Å². The molecule has 128 valence electrons. The Morgan fingerprint density at radius 1 is 0.875 bits per heavy atom. The van der Waals surface area contributed by atoms with Crippen LogP contribution in [-0.4, -0.2) is 39.2 Å². The minimum absolute atomic E-state index is 0.0199. The molecule has 1 aliphatic rings. The fourth-order valence-electron chi connectivity index (χ4n) is 2.49. The first kappa shape index (κ1) is 16.9. The van der Waals surface area contributed by atoms with Gasteiger partial charge in [-0.15, -0.1) is 0 Å². The minimum atomic E-state index is -3.82. The van der Waals surface area contributed by atoms with Crippen LogP contribution in [0.1, 0.15) is 12.8 Å². The summed E-state index contributed by atoms with van der Waals surface area (Å²) < 4.78 is 53.3. The van der Waals surface area contributed by atoms with E-state index in [0.717, 1.165) is 12.8 Å². The summed E-state index contributed by atoms with van der Waals surface area (Å²) >= 11 is 0. The molecule has 0 aliphatic carbocycles. The number of sulfonamides is 2. The zero-order valence-electron chi connectivity index (χ0n) is 12.8. The van der Waals surface area contributed by atoms with E-state index in [1.165, 1.54) is 40.8 Å². The Balaban J connectivity index is 1.84. The van der Waals surface area contributed by atoms with Crippen molar-refractivity contribution in [1.82, 2.24) is 9.29 Å². The van der Waals surface area contributed by atoms with Crippen molar-refractivity contribution in [2.45, 2.75) is 22.6 Å². The van der Waals surface area contributed by atoms with E-state index in [1.54, 1.807) is 12.1 Å². The van der Waals surface area contributed by atoms with Crippen molar-refractivity contribution < 1.29 is 16.8 Å². The van der Waals surface area contributed by atoms with Gasteiger partial charge in [0.25, 0.3) is 10.0 Å². The lowest BCUT2D eigenvalue weighted by Gasteiger charge is -2.15. The van der Waals surface area contributed by atoms with Crippen molar-refractivity contribution in [3.05, 3.63) is 48.7 Å². The molecule has 1 aliphatic heterocycles. The van der Waals surface area contributed by atoms with Gasteiger partial charge in [0, 0.05) is 19.3 Å². The maximum Gasteiger partial charge on any atom is 0.263 e. The fourth-order valence-corrected chi connectivity index (χ4v) is 5.01. The average molecular weight is 367 g/mol. The number of nitrogens with zero attached hydrogens (tertiary/aromatic N) is 2. The van der Waals surface area contributed by atoms with Crippen LogP contribution in [0.15, 0.2) is 58.5 Å². The Kier molecular flexibility index (Phi) is 4.57. The molecule has 0 unspecified atom stereocenters. The Labute approximate surface area is 141 Å². The highest BCUT2D eigenvalue weighted by molar-refractivity contribution is 7.92. The van der Waals surface area contributed by atoms with Crippen LogP contribution < -0.4 is 4.72 Å². The van der Waals surface area contributed by atoms with Gasteiger partial charge in [0.2, 0.25) is 10.0 Å². The van der Waals surface area contributed by atoms with E-state index < -0.39 is 20.0 Å². The maximum atomic E-state index is 12.4. The third kappa shape index (κ3) is 3.42. The van der Waals surface area contributed by atoms with E-state index in [0.29, 0.717) is 13.1 Å². The SMILES string of the molecule is O=S(=O)(Nc1ccccn1)c1ccc(S(=O)(=O)N2CCCC2)cc1. The Hall–Kier alpha value is -1.97. The molecule has 3 rings (SSSR count). The predicted octanol–water partition coefficient (Wildman–Crippen LogP) is 1.67. The summed E-state index contributed by atoms with van der Waals surface area (Å²) in [6.45, 7) is 1.01. The number of pyridine rings is 1. The second-order valence-electron chi connectivity index (χ2n) is 5.40. The number of anilines is 1. The van der Waals surface area contributed by atoms with Crippen molar-refractivity contribution in [2.75, 3.05) is 17.8 Å². The molecule has 1 N–H and O–H groups in total. The van der Waals surface area contributed by atoms with Crippen molar-refractivity contribution in [3.8, 4) is 0 Å². The largest absolute Gasteiger partial charge is 0.263 e. The van der Waals surface area contributed by atoms with E-state index in [4.69, 9.17) is 0 Å². The van der Waals surface area contributed by atoms with Gasteiger partial charge in [-0.1, -0.05) is 6.07 Å². The van der Waals surface area contributed by atoms with Crippen LogP contribution in [0, 0.1) is 0 Å². The Bertz CT molecular complexity index is 905. The van der Waals surface area contributed by atoms with Crippen LogP contribution >= 0.6 is 0 Å². The number of rotatable bonds is 5. The third-order valence-electron chi connectivity index (χ3n) is 3.74. The molecule has 0 saturated carbocycles. The molecule has 9 heteroatoms. The molecule has 7 nitrogen and oxygen atoms in total. The van der Waals surface area contributed by atoms with Gasteiger partial charge in [-0.2, -0.15) is 4.31 Å². The van der Waals surface area contributed by atoms with Gasteiger partial charge in [0.15, 0.2) is 0 Å². The highest BCUT2D eigenvalue weighted by Crippen LogP contribution is 2.22. The molecular weight excluding hydrogens is 350 g/mol. The molecule has 0 bridgehead atoms. The first-order valence-corrected chi connectivity index (χ1v) is 10.4. The molecule has 0 amide bonds. The van der Waals surface area contributed by atoms with E-state index in [-0.39, 0.29) is 15.6 Å². The second-order valence-corrected chi connectivity index (χ2v) is 9.02. The highest BCUT2D eigenvalue weighted by atomic mass is 32.2. The van der Waals surface area contributed by atoms with Crippen molar-refractivity contribution in [1.29, 1.82) is 0 Å². The first-order valence-electron chi connectivity index (χ1n) is 7.44. The van der Waals surface area contributed by atoms with Gasteiger partial charge in [-0.3, -0.25) is 4.72 Å². The Morgan fingerprint density at radius 3 is 2.08 bits per heavy atom. The minimum Gasteiger partial charge on any atom is -0.263 e. The molecule has 0 radical (unpaired) electrons. The van der Waals surface area contributed by atoms with Gasteiger partial charge in [-0.05, 0) is 49.2 Å². The molecule has 2 aromatic rings. The van der Waals surface area contributed by atoms with E-state index in [2.05, 4.69) is 9.71 Å². The Morgan fingerprint density at radius 2 is 1.50 bits per heavy atom. The summed E-state index contributed by atoms with van der Waals surface area (Å²) in [4.78, 5) is 3.98. The lowest BCUT2D eigenvalue weighted by atomic mass is 10.4. The van der Waals surface area contributed by atoms with Crippen molar-refractivity contribution in [3.63, 3.8) is 0 Å². The second kappa shape index (κ2) is 6.50. The van der Waals surface area contributed by atoms with Crippen LogP contribution in [0.5, 0.6) is 0 Å². The van der Waals surface area contributed by atoms with E-state index >= 15 is 0 Å². The van der Waals surface area contributed by atoms with Gasteiger partial charge in [0.05, 0.1) is 9.79 Å². The lowest BCUT2D eigenvalue weighted by molar-refractivity contribution is 0.477. The quantitative estimate of drug-likeness (QED) is 0.867. The summed E-state index contributed by atoms with van der Waals surface area (Å²) in [6.07, 6.45) is 3.17. The molecule has 1 fully saturated rings. The predicted molar refractivity (Wildman–Crippen MR) is 89.5 cm³/mol. The van der Waals surface area contributed by atoms with E-state index in [9.17, 15) is 16.8 Å². The molecule has 2 heterocycles. The molecule has 1 aromatic heterocycles. The number of hydrogen-bond acceptors (Lipinski definition) is 5. The number of benzene rings is 1. The summed E-state index contributed by atoms with van der Waals surface area (Å²) in [6, 6.07) is 10.1. The lowest BCUT2D eigenvalue weighted by Crippen LogP contribution is -2.27. The zero-order chi connectivity index (χ0) is 17.2. The molecule has 0 atom stereocenters. The molecule has 1 aromatic carbocycles. The van der Waals surface area contributed by atoms with Crippen molar-refractivity contribution in [2.24, 2.45) is 0 Å². The summed E-state index contributed by atoms with van der Waals surface area (Å²) in [5.74, 6) is 0.200. The number of nitrogens with one attached hydrogen (secondary N) is 1. The molecular formula is C15H17N3O4S2. The fraction of sp³-hybridized carbons (Fsp3) is 0.267. The van der Waals surface area contributed by atoms with Crippen molar-refractivity contribution >= 4 is 25.9 Å². The first-order chi connectivity index (χ1) is 11.4. The highest BCUT2D eigenvalue weighted by Gasteiger charge is 2.27. The molecule has 0 spiro atoms. The monoisotopic (exact) mass is 367 g/mol. The molecule has 24 heavy (non-hydrogen) atoms. The summed E-state index contributed by atoms with van der Waals surface area (Å²) in [5, 5.41) is 0. The van der Waals surface area contributed by atoms with Crippen LogP contribution in [0.25, 0.3) is 0 Å². The maximum absolute atomic E-state index is 12.4. The van der Waals surface area contributed by atoms with Gasteiger partial charge >= 0.3 is 0 Å². The topological polar surface area (TPSA) is 96.4 Å². The zero-order valence-corrected chi connectivity index (χ0v) is 14.4. The van der Waals surface area contributed by atoms with Crippen LogP contribution in [0.4, 0.5) is 5.82 Å². The van der Waals surface area contributed by atoms with Gasteiger partial charge < -0.3 is 0 Å². The van der Waals surface area contributed by atoms with Crippen LogP contribution in [0.2, 0.25) is 0 Å². The number of aromatic nitrogens is 1. The number of hydrogen-bond donors (Lipinski definition) is 1. The average Bonchev–Trinajstić information content (AvgIpc) is 3.11. The summed E-state index contributed by atoms with van der Waals surface area (Å²) in [5.41, 5.74) is 0. The van der Waals surface area contributed by atoms with Crippen LogP contribution in [0.3, 0.4) is 0 Å². The van der Waals surface area contributed by atoms with Gasteiger partial charge in [-0.25, -0.2) is 21.8 Å². The van der Waals surface area contributed by atoms with Crippen LogP contribution in [-0.2, 0) is 20.0 Å². The normalized spacial score (nSPS) is 16.2. The summed E-state index contributed by atoms with van der Waals surface area (Å²) in [7, 11) is -7.37. The molecule has 1 saturated heterocycles. The standard InChI is InChI=1S/C15H17N3O4S2/c19-23(20,17-15-5-1-2-10-16-15)13-6-8-14(9-7-13)24(21,22)18-11-3-4-12-18/h1-2,5-10H,3-4,11-12H2,(H,16,17).